The first-order chi connectivity index (χ1) is 9.74. The topological polar surface area (TPSA) is 58.9 Å². The summed E-state index contributed by atoms with van der Waals surface area (Å²) in [6.45, 7) is 0. The number of fused-ring (bicyclic) bond motifs is 5. The number of rotatable bonds is 1. The van der Waals surface area contributed by atoms with Crippen LogP contribution in [-0.2, 0) is 0 Å². The number of para-hydroxylation sites is 1. The van der Waals surface area contributed by atoms with E-state index in [-0.39, 0.29) is 0 Å². The molecule has 0 fully saturated rings. The average Bonchev–Trinajstić information content (AvgIpc) is 2.85. The zero-order chi connectivity index (χ0) is 13.7. The summed E-state index contributed by atoms with van der Waals surface area (Å²) in [4.78, 5) is 14.7. The van der Waals surface area contributed by atoms with Gasteiger partial charge in [-0.3, -0.25) is 4.79 Å². The van der Waals surface area contributed by atoms with E-state index in [0.29, 0.717) is 5.56 Å². The second-order valence-corrected chi connectivity index (χ2v) is 4.96. The van der Waals surface area contributed by atoms with Crippen molar-refractivity contribution in [3.63, 3.8) is 0 Å². The standard InChI is InChI=1S/C17H12N2O/c18-17(20)11-6-7-12-10(9-11)5-8-14-13-3-1-2-4-15(13)19-16(12)14/h1-9,19H,(H2,18,20). The van der Waals surface area contributed by atoms with Crippen LogP contribution in [0.4, 0.5) is 0 Å². The second kappa shape index (κ2) is 3.84. The summed E-state index contributed by atoms with van der Waals surface area (Å²) in [5, 5.41) is 4.52. The first-order valence-corrected chi connectivity index (χ1v) is 6.47. The molecule has 4 rings (SSSR count). The minimum absolute atomic E-state index is 0.399. The van der Waals surface area contributed by atoms with Gasteiger partial charge in [0.05, 0.1) is 5.52 Å². The molecule has 0 aliphatic rings. The van der Waals surface area contributed by atoms with Crippen LogP contribution >= 0.6 is 0 Å². The SMILES string of the molecule is NC(=O)c1ccc2c(ccc3c4ccccc4[nH]c23)c1. The summed E-state index contributed by atoms with van der Waals surface area (Å²) < 4.78 is 0. The van der Waals surface area contributed by atoms with Crippen molar-refractivity contribution in [3.05, 3.63) is 60.2 Å². The highest BCUT2D eigenvalue weighted by Crippen LogP contribution is 2.31. The number of aromatic amines is 1. The Morgan fingerprint density at radius 3 is 2.55 bits per heavy atom. The number of carbonyl (C=O) groups excluding carboxylic acids is 1. The summed E-state index contributed by atoms with van der Waals surface area (Å²) in [5.41, 5.74) is 8.08. The molecule has 3 aromatic carbocycles. The third-order valence-corrected chi connectivity index (χ3v) is 3.78. The van der Waals surface area contributed by atoms with E-state index in [2.05, 4.69) is 23.2 Å². The van der Waals surface area contributed by atoms with Crippen molar-refractivity contribution in [3.8, 4) is 0 Å². The average molecular weight is 260 g/mol. The summed E-state index contributed by atoms with van der Waals surface area (Å²) in [5.74, 6) is -0.399. The molecule has 1 aromatic heterocycles. The molecule has 3 heteroatoms. The number of nitrogens with two attached hydrogens (primary N) is 1. The van der Waals surface area contributed by atoms with Gasteiger partial charge in [-0.25, -0.2) is 0 Å². The van der Waals surface area contributed by atoms with Crippen molar-refractivity contribution < 1.29 is 4.79 Å². The molecule has 0 saturated heterocycles. The molecule has 0 bridgehead atoms. The van der Waals surface area contributed by atoms with Crippen LogP contribution in [0, 0.1) is 0 Å². The van der Waals surface area contributed by atoms with Gasteiger partial charge in [-0.05, 0) is 23.6 Å². The third-order valence-electron chi connectivity index (χ3n) is 3.78. The van der Waals surface area contributed by atoms with Crippen molar-refractivity contribution in [1.82, 2.24) is 4.98 Å². The second-order valence-electron chi connectivity index (χ2n) is 4.96. The number of hydrogen-bond acceptors (Lipinski definition) is 1. The summed E-state index contributed by atoms with van der Waals surface area (Å²) in [6, 6.07) is 17.9. The van der Waals surface area contributed by atoms with Crippen LogP contribution in [0.1, 0.15) is 10.4 Å². The molecule has 0 atom stereocenters. The quantitative estimate of drug-likeness (QED) is 0.540. The molecule has 1 amide bonds. The highest BCUT2D eigenvalue weighted by atomic mass is 16.1. The van der Waals surface area contributed by atoms with Gasteiger partial charge in [0.15, 0.2) is 0 Å². The minimum atomic E-state index is -0.399. The van der Waals surface area contributed by atoms with Gasteiger partial charge in [-0.1, -0.05) is 36.4 Å². The normalized spacial score (nSPS) is 11.4. The van der Waals surface area contributed by atoms with Crippen LogP contribution in [0.25, 0.3) is 32.6 Å². The smallest absolute Gasteiger partial charge is 0.248 e. The molecule has 0 spiro atoms. The van der Waals surface area contributed by atoms with Gasteiger partial charge < -0.3 is 10.7 Å². The van der Waals surface area contributed by atoms with E-state index in [1.807, 2.05) is 30.3 Å². The largest absolute Gasteiger partial charge is 0.366 e. The number of aromatic nitrogens is 1. The van der Waals surface area contributed by atoms with Crippen LogP contribution < -0.4 is 5.73 Å². The summed E-state index contributed by atoms with van der Waals surface area (Å²) in [7, 11) is 0. The number of amides is 1. The molecule has 1 heterocycles. The zero-order valence-corrected chi connectivity index (χ0v) is 10.7. The lowest BCUT2D eigenvalue weighted by molar-refractivity contribution is 0.100. The number of H-pyrrole nitrogens is 1. The molecule has 0 aliphatic carbocycles. The van der Waals surface area contributed by atoms with Gasteiger partial charge >= 0.3 is 0 Å². The van der Waals surface area contributed by atoms with Gasteiger partial charge in [-0.15, -0.1) is 0 Å². The third kappa shape index (κ3) is 1.43. The van der Waals surface area contributed by atoms with Gasteiger partial charge in [0.25, 0.3) is 0 Å². The minimum Gasteiger partial charge on any atom is -0.366 e. The van der Waals surface area contributed by atoms with E-state index < -0.39 is 5.91 Å². The number of primary amides is 1. The summed E-state index contributed by atoms with van der Waals surface area (Å²) in [6.07, 6.45) is 0. The van der Waals surface area contributed by atoms with E-state index in [1.54, 1.807) is 6.07 Å². The number of hydrogen-bond donors (Lipinski definition) is 2. The molecule has 0 unspecified atom stereocenters. The maximum atomic E-state index is 11.3. The van der Waals surface area contributed by atoms with Crippen LogP contribution in [0.5, 0.6) is 0 Å². The van der Waals surface area contributed by atoms with Crippen molar-refractivity contribution in [1.29, 1.82) is 0 Å². The van der Waals surface area contributed by atoms with Crippen molar-refractivity contribution >= 4 is 38.5 Å². The molecule has 0 saturated carbocycles. The fourth-order valence-corrected chi connectivity index (χ4v) is 2.80. The molecule has 96 valence electrons. The number of benzene rings is 3. The van der Waals surface area contributed by atoms with E-state index in [0.717, 1.165) is 21.8 Å². The molecular formula is C17H12N2O. The number of carbonyl (C=O) groups is 1. The zero-order valence-electron chi connectivity index (χ0n) is 10.7. The lowest BCUT2D eigenvalue weighted by atomic mass is 10.0. The Kier molecular flexibility index (Phi) is 2.12. The Morgan fingerprint density at radius 2 is 1.70 bits per heavy atom. The Hall–Kier alpha value is -2.81. The van der Waals surface area contributed by atoms with Crippen LogP contribution in [0.15, 0.2) is 54.6 Å². The molecule has 3 nitrogen and oxygen atoms in total. The van der Waals surface area contributed by atoms with Gasteiger partial charge in [0.1, 0.15) is 0 Å². The van der Waals surface area contributed by atoms with Crippen LogP contribution in [-0.4, -0.2) is 10.9 Å². The fraction of sp³-hybridized carbons (Fsp3) is 0. The molecule has 0 aliphatic heterocycles. The van der Waals surface area contributed by atoms with Gasteiger partial charge in [0, 0.05) is 27.2 Å². The van der Waals surface area contributed by atoms with Gasteiger partial charge in [-0.2, -0.15) is 0 Å². The Morgan fingerprint density at radius 1 is 0.900 bits per heavy atom. The van der Waals surface area contributed by atoms with Gasteiger partial charge in [0.2, 0.25) is 5.91 Å². The maximum absolute atomic E-state index is 11.3. The molecule has 0 radical (unpaired) electrons. The fourth-order valence-electron chi connectivity index (χ4n) is 2.80. The maximum Gasteiger partial charge on any atom is 0.248 e. The summed E-state index contributed by atoms with van der Waals surface area (Å²) >= 11 is 0. The Balaban J connectivity index is 2.16. The first kappa shape index (κ1) is 11.1. The lowest BCUT2D eigenvalue weighted by Crippen LogP contribution is -2.10. The van der Waals surface area contributed by atoms with E-state index in [1.165, 1.54) is 10.8 Å². The lowest BCUT2D eigenvalue weighted by Gasteiger charge is -2.02. The molecule has 3 N–H and O–H groups in total. The van der Waals surface area contributed by atoms with Crippen molar-refractivity contribution in [2.75, 3.05) is 0 Å². The first-order valence-electron chi connectivity index (χ1n) is 6.47. The van der Waals surface area contributed by atoms with Crippen molar-refractivity contribution in [2.45, 2.75) is 0 Å². The van der Waals surface area contributed by atoms with E-state index in [4.69, 9.17) is 5.73 Å². The van der Waals surface area contributed by atoms with Crippen LogP contribution in [0.3, 0.4) is 0 Å². The molecule has 20 heavy (non-hydrogen) atoms. The van der Waals surface area contributed by atoms with E-state index >= 15 is 0 Å². The highest BCUT2D eigenvalue weighted by Gasteiger charge is 2.08. The predicted octanol–water partition coefficient (Wildman–Crippen LogP) is 3.57. The van der Waals surface area contributed by atoms with Crippen molar-refractivity contribution in [2.24, 2.45) is 5.73 Å². The number of nitrogens with one attached hydrogen (secondary N) is 1. The Labute approximate surface area is 115 Å². The Bertz CT molecular complexity index is 982. The predicted molar refractivity (Wildman–Crippen MR) is 81.8 cm³/mol. The van der Waals surface area contributed by atoms with Crippen LogP contribution in [0.2, 0.25) is 0 Å². The monoisotopic (exact) mass is 260 g/mol. The highest BCUT2D eigenvalue weighted by molar-refractivity contribution is 6.17. The van der Waals surface area contributed by atoms with E-state index in [9.17, 15) is 4.79 Å². The molecular weight excluding hydrogens is 248 g/mol. The molecule has 4 aromatic rings.